The molecule has 0 aliphatic heterocycles. The van der Waals surface area contributed by atoms with E-state index in [0.717, 1.165) is 18.2 Å². The molecule has 9 nitrogen and oxygen atoms in total. The summed E-state index contributed by atoms with van der Waals surface area (Å²) in [5, 5.41) is 22.4. The predicted octanol–water partition coefficient (Wildman–Crippen LogP) is 0.103. The Labute approximate surface area is 121 Å². The number of sulfonamides is 1. The van der Waals surface area contributed by atoms with Crippen molar-refractivity contribution in [3.05, 3.63) is 28.3 Å². The summed E-state index contributed by atoms with van der Waals surface area (Å²) in [5.74, 6) is -1.17. The third-order valence-electron chi connectivity index (χ3n) is 2.33. The first-order valence-corrected chi connectivity index (χ1v) is 7.38. The highest BCUT2D eigenvalue weighted by Crippen LogP contribution is 2.27. The van der Waals surface area contributed by atoms with E-state index >= 15 is 0 Å². The van der Waals surface area contributed by atoms with Crippen LogP contribution in [0, 0.1) is 10.1 Å². The minimum Gasteiger partial charge on any atom is -0.502 e. The summed E-state index contributed by atoms with van der Waals surface area (Å²) in [6.45, 7) is 2.95. The number of nitrogens with zero attached hydrogens (tertiary/aromatic N) is 1. The monoisotopic (exact) mass is 317 g/mol. The Bertz CT molecular complexity index is 656. The smallest absolute Gasteiger partial charge is 0.312 e. The third kappa shape index (κ3) is 4.68. The molecule has 0 spiro atoms. The molecule has 0 aliphatic carbocycles. The molecule has 116 valence electrons. The van der Waals surface area contributed by atoms with Gasteiger partial charge in [-0.1, -0.05) is 0 Å². The molecular weight excluding hydrogens is 302 g/mol. The van der Waals surface area contributed by atoms with Crippen LogP contribution < -0.4 is 10.0 Å². The summed E-state index contributed by atoms with van der Waals surface area (Å²) >= 11 is 0. The maximum Gasteiger partial charge on any atom is 0.312 e. The molecule has 3 N–H and O–H groups in total. The van der Waals surface area contributed by atoms with Gasteiger partial charge in [0.15, 0.2) is 5.75 Å². The van der Waals surface area contributed by atoms with Gasteiger partial charge in [-0.15, -0.1) is 0 Å². The van der Waals surface area contributed by atoms with Crippen LogP contribution in [-0.4, -0.2) is 36.9 Å². The van der Waals surface area contributed by atoms with Crippen LogP contribution in [-0.2, 0) is 14.8 Å². The van der Waals surface area contributed by atoms with Crippen molar-refractivity contribution in [3.63, 3.8) is 0 Å². The minimum absolute atomic E-state index is 0.142. The van der Waals surface area contributed by atoms with E-state index in [1.807, 2.05) is 4.72 Å². The first-order chi connectivity index (χ1) is 9.63. The molecule has 0 unspecified atom stereocenters. The maximum atomic E-state index is 11.9. The molecule has 0 saturated carbocycles. The zero-order valence-corrected chi connectivity index (χ0v) is 12.2. The lowest BCUT2D eigenvalue weighted by Crippen LogP contribution is -2.39. The first kappa shape index (κ1) is 16.9. The van der Waals surface area contributed by atoms with Crippen LogP contribution in [0.3, 0.4) is 0 Å². The molecule has 0 saturated heterocycles. The Kier molecular flexibility index (Phi) is 5.22. The van der Waals surface area contributed by atoms with Crippen LogP contribution in [0.25, 0.3) is 0 Å². The lowest BCUT2D eigenvalue weighted by Gasteiger charge is -2.10. The highest BCUT2D eigenvalue weighted by molar-refractivity contribution is 7.89. The lowest BCUT2D eigenvalue weighted by atomic mass is 10.3. The van der Waals surface area contributed by atoms with Crippen LogP contribution in [0.1, 0.15) is 13.8 Å². The van der Waals surface area contributed by atoms with Gasteiger partial charge in [-0.3, -0.25) is 14.9 Å². The molecule has 1 aromatic carbocycles. The average Bonchev–Trinajstić information content (AvgIpc) is 2.35. The van der Waals surface area contributed by atoms with E-state index in [0.29, 0.717) is 0 Å². The number of phenolic OH excluding ortho intramolecular Hbond substituents is 1. The van der Waals surface area contributed by atoms with Crippen LogP contribution in [0.4, 0.5) is 5.69 Å². The van der Waals surface area contributed by atoms with E-state index < -0.39 is 43.7 Å². The van der Waals surface area contributed by atoms with Crippen molar-refractivity contribution >= 4 is 21.6 Å². The summed E-state index contributed by atoms with van der Waals surface area (Å²) in [6.07, 6.45) is 0. The van der Waals surface area contributed by atoms with Gasteiger partial charge in [0.25, 0.3) is 0 Å². The third-order valence-corrected chi connectivity index (χ3v) is 3.73. The van der Waals surface area contributed by atoms with Gasteiger partial charge in [0, 0.05) is 12.1 Å². The molecular formula is C11H15N3O6S. The van der Waals surface area contributed by atoms with Crippen LogP contribution in [0.5, 0.6) is 5.75 Å². The number of aromatic hydroxyl groups is 1. The van der Waals surface area contributed by atoms with Crippen LogP contribution in [0.2, 0.25) is 0 Å². The Morgan fingerprint density at radius 2 is 2.05 bits per heavy atom. The highest BCUT2D eigenvalue weighted by atomic mass is 32.2. The van der Waals surface area contributed by atoms with Gasteiger partial charge in [0.2, 0.25) is 15.9 Å². The second-order valence-corrected chi connectivity index (χ2v) is 6.22. The maximum absolute atomic E-state index is 11.9. The topological polar surface area (TPSA) is 139 Å². The van der Waals surface area contributed by atoms with Crippen molar-refractivity contribution in [1.82, 2.24) is 10.0 Å². The largest absolute Gasteiger partial charge is 0.502 e. The van der Waals surface area contributed by atoms with Crippen LogP contribution >= 0.6 is 0 Å². The fourth-order valence-electron chi connectivity index (χ4n) is 1.43. The fraction of sp³-hybridized carbons (Fsp3) is 0.364. The Morgan fingerprint density at radius 3 is 2.57 bits per heavy atom. The van der Waals surface area contributed by atoms with E-state index in [9.17, 15) is 28.4 Å². The second-order valence-electron chi connectivity index (χ2n) is 4.45. The number of hydrogen-bond acceptors (Lipinski definition) is 6. The number of phenols is 1. The first-order valence-electron chi connectivity index (χ1n) is 5.90. The Balaban J connectivity index is 2.91. The normalized spacial score (nSPS) is 11.4. The highest BCUT2D eigenvalue weighted by Gasteiger charge is 2.21. The summed E-state index contributed by atoms with van der Waals surface area (Å²) in [6, 6.07) is 2.49. The molecule has 10 heteroatoms. The number of carbonyl (C=O) groups excluding carboxylic acids is 1. The van der Waals surface area contributed by atoms with Crippen molar-refractivity contribution in [3.8, 4) is 5.75 Å². The number of benzene rings is 1. The molecule has 1 rings (SSSR count). The summed E-state index contributed by atoms with van der Waals surface area (Å²) < 4.78 is 25.8. The van der Waals surface area contributed by atoms with Gasteiger partial charge in [-0.05, 0) is 26.0 Å². The molecule has 0 atom stereocenters. The number of nitro groups is 1. The van der Waals surface area contributed by atoms with Gasteiger partial charge < -0.3 is 10.4 Å². The molecule has 0 fully saturated rings. The molecule has 21 heavy (non-hydrogen) atoms. The number of amides is 1. The molecule has 1 amide bonds. The Morgan fingerprint density at radius 1 is 1.43 bits per heavy atom. The van der Waals surface area contributed by atoms with E-state index in [-0.39, 0.29) is 6.04 Å². The van der Waals surface area contributed by atoms with Gasteiger partial charge in [0.1, 0.15) is 0 Å². The standard InChI is InChI=1S/C11H15N3O6S/c1-7(2)13-11(16)6-12-21(19,20)8-3-4-10(15)9(5-8)14(17)18/h3-5,7,12,15H,6H2,1-2H3,(H,13,16). The second kappa shape index (κ2) is 6.50. The van der Waals surface area contributed by atoms with Crippen molar-refractivity contribution < 1.29 is 23.2 Å². The number of nitro benzene ring substituents is 1. The van der Waals surface area contributed by atoms with Gasteiger partial charge in [-0.2, -0.15) is 0 Å². The Hall–Kier alpha value is -2.20. The molecule has 0 heterocycles. The van der Waals surface area contributed by atoms with E-state index in [4.69, 9.17) is 0 Å². The van der Waals surface area contributed by atoms with Gasteiger partial charge >= 0.3 is 5.69 Å². The van der Waals surface area contributed by atoms with Crippen molar-refractivity contribution in [1.29, 1.82) is 0 Å². The van der Waals surface area contributed by atoms with Crippen molar-refractivity contribution in [2.45, 2.75) is 24.8 Å². The summed E-state index contributed by atoms with van der Waals surface area (Å²) in [5.41, 5.74) is -0.732. The molecule has 1 aromatic rings. The summed E-state index contributed by atoms with van der Waals surface area (Å²) in [4.78, 5) is 20.7. The average molecular weight is 317 g/mol. The number of carbonyl (C=O) groups is 1. The van der Waals surface area contributed by atoms with E-state index in [1.165, 1.54) is 0 Å². The molecule has 0 aliphatic rings. The lowest BCUT2D eigenvalue weighted by molar-refractivity contribution is -0.386. The quantitative estimate of drug-likeness (QED) is 0.502. The van der Waals surface area contributed by atoms with Crippen molar-refractivity contribution in [2.75, 3.05) is 6.54 Å². The molecule has 0 bridgehead atoms. The molecule has 0 aromatic heterocycles. The zero-order chi connectivity index (χ0) is 16.2. The van der Waals surface area contributed by atoms with E-state index in [2.05, 4.69) is 5.32 Å². The van der Waals surface area contributed by atoms with Crippen molar-refractivity contribution in [2.24, 2.45) is 0 Å². The summed E-state index contributed by atoms with van der Waals surface area (Å²) in [7, 11) is -4.09. The number of hydrogen-bond donors (Lipinski definition) is 3. The zero-order valence-electron chi connectivity index (χ0n) is 11.4. The minimum atomic E-state index is -4.09. The number of rotatable bonds is 6. The van der Waals surface area contributed by atoms with Crippen LogP contribution in [0.15, 0.2) is 23.1 Å². The number of nitrogens with one attached hydrogen (secondary N) is 2. The fourth-order valence-corrected chi connectivity index (χ4v) is 2.44. The van der Waals surface area contributed by atoms with Gasteiger partial charge in [-0.25, -0.2) is 13.1 Å². The van der Waals surface area contributed by atoms with Gasteiger partial charge in [0.05, 0.1) is 16.4 Å². The molecule has 0 radical (unpaired) electrons. The van der Waals surface area contributed by atoms with E-state index in [1.54, 1.807) is 13.8 Å². The predicted molar refractivity (Wildman–Crippen MR) is 73.2 cm³/mol. The SMILES string of the molecule is CC(C)NC(=O)CNS(=O)(=O)c1ccc(O)c([N+](=O)[O-])c1.